The summed E-state index contributed by atoms with van der Waals surface area (Å²) in [7, 11) is 0. The molecule has 0 bridgehead atoms. The Balaban J connectivity index is 2.25. The second kappa shape index (κ2) is 7.91. The molecule has 0 saturated heterocycles. The van der Waals surface area contributed by atoms with E-state index in [1.165, 1.54) is 19.1 Å². The van der Waals surface area contributed by atoms with Crippen molar-refractivity contribution >= 4 is 23.3 Å². The van der Waals surface area contributed by atoms with Crippen LogP contribution in [0.5, 0.6) is 0 Å². The van der Waals surface area contributed by atoms with E-state index in [-0.39, 0.29) is 23.5 Å². The van der Waals surface area contributed by atoms with Crippen molar-refractivity contribution in [2.75, 3.05) is 5.32 Å². The van der Waals surface area contributed by atoms with Gasteiger partial charge in [-0.15, -0.1) is 0 Å². The number of ether oxygens (including phenoxy) is 1. The number of anilines is 1. The predicted molar refractivity (Wildman–Crippen MR) is 89.4 cm³/mol. The number of nitro benzene ring substituents is 1. The second-order valence-electron chi connectivity index (χ2n) is 5.25. The van der Waals surface area contributed by atoms with Crippen molar-refractivity contribution in [2.24, 2.45) is 0 Å². The van der Waals surface area contributed by atoms with Crippen molar-refractivity contribution in [1.82, 2.24) is 0 Å². The molecule has 130 valence electrons. The molecule has 0 aliphatic heterocycles. The van der Waals surface area contributed by atoms with Gasteiger partial charge in [0.15, 0.2) is 0 Å². The SMILES string of the molecule is C[C@H](Nc1ccc([N+](=O)[O-])cc1C(=O)OCc1ccccc1)C(=O)O. The molecular formula is C17H16N2O6. The van der Waals surface area contributed by atoms with E-state index in [9.17, 15) is 19.7 Å². The van der Waals surface area contributed by atoms with Gasteiger partial charge in [0.1, 0.15) is 12.6 Å². The zero-order chi connectivity index (χ0) is 18.4. The Labute approximate surface area is 143 Å². The van der Waals surface area contributed by atoms with Gasteiger partial charge in [-0.25, -0.2) is 4.79 Å². The summed E-state index contributed by atoms with van der Waals surface area (Å²) in [6, 6.07) is 11.5. The van der Waals surface area contributed by atoms with E-state index in [4.69, 9.17) is 9.84 Å². The standard InChI is InChI=1S/C17H16N2O6/c1-11(16(20)21)18-15-8-7-13(19(23)24)9-14(15)17(22)25-10-12-5-3-2-4-6-12/h2-9,11,18H,10H2,1H3,(H,20,21)/t11-/m0/s1. The Kier molecular flexibility index (Phi) is 5.67. The Morgan fingerprint density at radius 3 is 2.52 bits per heavy atom. The van der Waals surface area contributed by atoms with Gasteiger partial charge in [-0.2, -0.15) is 0 Å². The topological polar surface area (TPSA) is 119 Å². The first-order chi connectivity index (χ1) is 11.9. The summed E-state index contributed by atoms with van der Waals surface area (Å²) in [5, 5.41) is 22.5. The smallest absolute Gasteiger partial charge is 0.340 e. The Bertz CT molecular complexity index is 791. The number of esters is 1. The van der Waals surface area contributed by atoms with Crippen LogP contribution >= 0.6 is 0 Å². The number of nitrogens with zero attached hydrogens (tertiary/aromatic N) is 1. The van der Waals surface area contributed by atoms with Crippen molar-refractivity contribution in [2.45, 2.75) is 19.6 Å². The predicted octanol–water partition coefficient (Wildman–Crippen LogP) is 2.84. The third-order valence-electron chi connectivity index (χ3n) is 3.39. The molecule has 0 saturated carbocycles. The summed E-state index contributed by atoms with van der Waals surface area (Å²) in [5.74, 6) is -1.91. The fourth-order valence-electron chi connectivity index (χ4n) is 2.04. The van der Waals surface area contributed by atoms with Crippen LogP contribution in [0.2, 0.25) is 0 Å². The van der Waals surface area contributed by atoms with Crippen LogP contribution in [0.3, 0.4) is 0 Å². The van der Waals surface area contributed by atoms with Crippen molar-refractivity contribution in [1.29, 1.82) is 0 Å². The first-order valence-corrected chi connectivity index (χ1v) is 7.37. The zero-order valence-corrected chi connectivity index (χ0v) is 13.3. The molecule has 2 aromatic carbocycles. The maximum Gasteiger partial charge on any atom is 0.340 e. The summed E-state index contributed by atoms with van der Waals surface area (Å²) in [6.07, 6.45) is 0. The van der Waals surface area contributed by atoms with Gasteiger partial charge in [-0.1, -0.05) is 30.3 Å². The van der Waals surface area contributed by atoms with E-state index < -0.39 is 22.9 Å². The molecule has 2 rings (SSSR count). The molecule has 2 aromatic rings. The van der Waals surface area contributed by atoms with Crippen LogP contribution in [0, 0.1) is 10.1 Å². The highest BCUT2D eigenvalue weighted by atomic mass is 16.6. The Hall–Kier alpha value is -3.42. The second-order valence-corrected chi connectivity index (χ2v) is 5.25. The number of carbonyl (C=O) groups excluding carboxylic acids is 1. The molecule has 0 aliphatic carbocycles. The van der Waals surface area contributed by atoms with Gasteiger partial charge in [-0.05, 0) is 18.6 Å². The molecule has 0 fully saturated rings. The quantitative estimate of drug-likeness (QED) is 0.450. The molecule has 0 radical (unpaired) electrons. The van der Waals surface area contributed by atoms with Gasteiger partial charge < -0.3 is 15.2 Å². The van der Waals surface area contributed by atoms with Gasteiger partial charge in [-0.3, -0.25) is 14.9 Å². The van der Waals surface area contributed by atoms with E-state index >= 15 is 0 Å². The summed E-state index contributed by atoms with van der Waals surface area (Å²) >= 11 is 0. The van der Waals surface area contributed by atoms with Crippen molar-refractivity contribution in [3.63, 3.8) is 0 Å². The van der Waals surface area contributed by atoms with Crippen LogP contribution in [-0.4, -0.2) is 28.0 Å². The van der Waals surface area contributed by atoms with Crippen LogP contribution in [0.15, 0.2) is 48.5 Å². The van der Waals surface area contributed by atoms with Crippen LogP contribution in [-0.2, 0) is 16.1 Å². The number of benzene rings is 2. The van der Waals surface area contributed by atoms with Gasteiger partial charge >= 0.3 is 11.9 Å². The van der Waals surface area contributed by atoms with E-state index in [0.29, 0.717) is 0 Å². The third-order valence-corrected chi connectivity index (χ3v) is 3.39. The third kappa shape index (κ3) is 4.77. The molecular weight excluding hydrogens is 328 g/mol. The first kappa shape index (κ1) is 17.9. The lowest BCUT2D eigenvalue weighted by Crippen LogP contribution is -2.26. The molecule has 8 heteroatoms. The maximum atomic E-state index is 12.3. The fraction of sp³-hybridized carbons (Fsp3) is 0.176. The van der Waals surface area contributed by atoms with Gasteiger partial charge in [0.25, 0.3) is 5.69 Å². The summed E-state index contributed by atoms with van der Waals surface area (Å²) in [4.78, 5) is 33.6. The number of rotatable bonds is 7. The van der Waals surface area contributed by atoms with Gasteiger partial charge in [0.2, 0.25) is 0 Å². The lowest BCUT2D eigenvalue weighted by Gasteiger charge is -2.14. The number of carboxylic acids is 1. The zero-order valence-electron chi connectivity index (χ0n) is 13.3. The summed E-state index contributed by atoms with van der Waals surface area (Å²) in [5.41, 5.74) is 0.520. The minimum Gasteiger partial charge on any atom is -0.480 e. The van der Waals surface area contributed by atoms with Crippen molar-refractivity contribution in [3.05, 3.63) is 69.8 Å². The molecule has 0 unspecified atom stereocenters. The first-order valence-electron chi connectivity index (χ1n) is 7.37. The Morgan fingerprint density at radius 2 is 1.92 bits per heavy atom. The monoisotopic (exact) mass is 344 g/mol. The number of carboxylic acid groups (broad SMARTS) is 1. The molecule has 0 amide bonds. The lowest BCUT2D eigenvalue weighted by atomic mass is 10.1. The van der Waals surface area contributed by atoms with Gasteiger partial charge in [0.05, 0.1) is 10.5 Å². The van der Waals surface area contributed by atoms with Gasteiger partial charge in [0, 0.05) is 17.8 Å². The molecule has 0 aromatic heterocycles. The van der Waals surface area contributed by atoms with E-state index in [2.05, 4.69) is 5.32 Å². The minimum absolute atomic E-state index is 0.00368. The highest BCUT2D eigenvalue weighted by Gasteiger charge is 2.21. The molecule has 0 heterocycles. The largest absolute Gasteiger partial charge is 0.480 e. The van der Waals surface area contributed by atoms with Crippen molar-refractivity contribution in [3.8, 4) is 0 Å². The average Bonchev–Trinajstić information content (AvgIpc) is 2.60. The van der Waals surface area contributed by atoms with Crippen LogP contribution < -0.4 is 5.32 Å². The maximum absolute atomic E-state index is 12.3. The Morgan fingerprint density at radius 1 is 1.24 bits per heavy atom. The number of nitro groups is 1. The number of nitrogens with one attached hydrogen (secondary N) is 1. The number of aliphatic carboxylic acids is 1. The number of carbonyl (C=O) groups is 2. The fourth-order valence-corrected chi connectivity index (χ4v) is 2.04. The molecule has 2 N–H and O–H groups in total. The molecule has 0 spiro atoms. The lowest BCUT2D eigenvalue weighted by molar-refractivity contribution is -0.384. The number of hydrogen-bond acceptors (Lipinski definition) is 6. The van der Waals surface area contributed by atoms with E-state index in [0.717, 1.165) is 11.6 Å². The van der Waals surface area contributed by atoms with Crippen LogP contribution in [0.4, 0.5) is 11.4 Å². The molecule has 25 heavy (non-hydrogen) atoms. The summed E-state index contributed by atoms with van der Waals surface area (Å²) < 4.78 is 5.18. The molecule has 8 nitrogen and oxygen atoms in total. The number of non-ortho nitro benzene ring substituents is 1. The van der Waals surface area contributed by atoms with Crippen LogP contribution in [0.1, 0.15) is 22.8 Å². The normalized spacial score (nSPS) is 11.4. The van der Waals surface area contributed by atoms with E-state index in [1.807, 2.05) is 6.07 Å². The average molecular weight is 344 g/mol. The van der Waals surface area contributed by atoms with Crippen molar-refractivity contribution < 1.29 is 24.4 Å². The highest BCUT2D eigenvalue weighted by molar-refractivity contribution is 5.97. The van der Waals surface area contributed by atoms with Crippen LogP contribution in [0.25, 0.3) is 0 Å². The number of hydrogen-bond donors (Lipinski definition) is 2. The molecule has 0 aliphatic rings. The molecule has 1 atom stereocenters. The summed E-state index contributed by atoms with van der Waals surface area (Å²) in [6.45, 7) is 1.39. The minimum atomic E-state index is -1.12. The van der Waals surface area contributed by atoms with E-state index in [1.54, 1.807) is 24.3 Å². The highest BCUT2D eigenvalue weighted by Crippen LogP contribution is 2.24.